The van der Waals surface area contributed by atoms with E-state index in [0.717, 1.165) is 0 Å². The van der Waals surface area contributed by atoms with Crippen molar-refractivity contribution in [2.75, 3.05) is 7.05 Å². The second-order valence-electron chi connectivity index (χ2n) is 4.43. The molecule has 6 heteroatoms. The molecule has 0 aliphatic rings. The van der Waals surface area contributed by atoms with Gasteiger partial charge in [0, 0.05) is 24.8 Å². The van der Waals surface area contributed by atoms with Gasteiger partial charge in [0.2, 0.25) is 5.91 Å². The van der Waals surface area contributed by atoms with Crippen LogP contribution in [0.1, 0.15) is 11.3 Å². The molecule has 6 nitrogen and oxygen atoms in total. The van der Waals surface area contributed by atoms with Crippen LogP contribution in [0.25, 0.3) is 6.08 Å². The van der Waals surface area contributed by atoms with Crippen molar-refractivity contribution in [3.8, 4) is 0 Å². The van der Waals surface area contributed by atoms with Crippen LogP contribution in [0.3, 0.4) is 0 Å². The minimum absolute atomic E-state index is 0.00663. The fraction of sp³-hybridized carbons (Fsp3) is 0.133. The van der Waals surface area contributed by atoms with Gasteiger partial charge >= 0.3 is 0 Å². The molecule has 0 spiro atoms. The Morgan fingerprint density at radius 1 is 1.33 bits per heavy atom. The summed E-state index contributed by atoms with van der Waals surface area (Å²) in [5.74, 6) is 0.312. The van der Waals surface area contributed by atoms with Crippen molar-refractivity contribution in [3.05, 3.63) is 70.2 Å². The molecule has 0 saturated heterocycles. The minimum atomic E-state index is -0.452. The van der Waals surface area contributed by atoms with Gasteiger partial charge in [-0.1, -0.05) is 18.2 Å². The maximum Gasteiger partial charge on any atom is 0.274 e. The zero-order chi connectivity index (χ0) is 15.2. The van der Waals surface area contributed by atoms with Gasteiger partial charge in [-0.3, -0.25) is 14.9 Å². The average Bonchev–Trinajstić information content (AvgIpc) is 2.98. The maximum atomic E-state index is 12.0. The summed E-state index contributed by atoms with van der Waals surface area (Å²) in [5, 5.41) is 10.9. The molecule has 0 saturated carbocycles. The molecule has 0 N–H and O–H groups in total. The Morgan fingerprint density at radius 2 is 2.10 bits per heavy atom. The third-order valence-corrected chi connectivity index (χ3v) is 2.91. The van der Waals surface area contributed by atoms with E-state index in [1.54, 1.807) is 43.5 Å². The number of nitro groups is 1. The third kappa shape index (κ3) is 3.79. The molecule has 0 bridgehead atoms. The monoisotopic (exact) mass is 286 g/mol. The molecule has 1 heterocycles. The van der Waals surface area contributed by atoms with Gasteiger partial charge in [0.1, 0.15) is 5.76 Å². The predicted octanol–water partition coefficient (Wildman–Crippen LogP) is 2.86. The number of furan rings is 1. The van der Waals surface area contributed by atoms with E-state index < -0.39 is 4.92 Å². The van der Waals surface area contributed by atoms with E-state index in [2.05, 4.69) is 0 Å². The van der Waals surface area contributed by atoms with Crippen molar-refractivity contribution in [2.24, 2.45) is 0 Å². The summed E-state index contributed by atoms with van der Waals surface area (Å²) in [4.78, 5) is 23.8. The van der Waals surface area contributed by atoms with Crippen LogP contribution in [-0.4, -0.2) is 22.8 Å². The van der Waals surface area contributed by atoms with Crippen molar-refractivity contribution in [1.82, 2.24) is 4.90 Å². The van der Waals surface area contributed by atoms with Crippen molar-refractivity contribution in [2.45, 2.75) is 6.54 Å². The molecule has 0 radical (unpaired) electrons. The molecule has 108 valence electrons. The first-order valence-electron chi connectivity index (χ1n) is 6.27. The Hall–Kier alpha value is -2.89. The fourth-order valence-corrected chi connectivity index (χ4v) is 1.82. The fourth-order valence-electron chi connectivity index (χ4n) is 1.82. The summed E-state index contributed by atoms with van der Waals surface area (Å²) in [6, 6.07) is 9.82. The highest BCUT2D eigenvalue weighted by Gasteiger charge is 2.15. The first-order chi connectivity index (χ1) is 10.1. The number of para-hydroxylation sites is 1. The largest absolute Gasteiger partial charge is 0.465 e. The van der Waals surface area contributed by atoms with E-state index in [-0.39, 0.29) is 18.1 Å². The Bertz CT molecular complexity index is 662. The van der Waals surface area contributed by atoms with E-state index in [0.29, 0.717) is 11.3 Å². The van der Waals surface area contributed by atoms with E-state index in [1.165, 1.54) is 23.3 Å². The molecule has 1 aromatic carbocycles. The highest BCUT2D eigenvalue weighted by Crippen LogP contribution is 2.19. The number of rotatable bonds is 5. The minimum Gasteiger partial charge on any atom is -0.465 e. The molecule has 2 aromatic rings. The van der Waals surface area contributed by atoms with Gasteiger partial charge in [-0.05, 0) is 18.2 Å². The van der Waals surface area contributed by atoms with Crippen molar-refractivity contribution < 1.29 is 14.1 Å². The number of nitro benzene ring substituents is 1. The number of carbonyl (C=O) groups is 1. The second-order valence-corrected chi connectivity index (χ2v) is 4.43. The predicted molar refractivity (Wildman–Crippen MR) is 77.3 cm³/mol. The molecule has 2 rings (SSSR count). The van der Waals surface area contributed by atoms with Gasteiger partial charge in [-0.25, -0.2) is 0 Å². The Labute approximate surface area is 121 Å². The number of hydrogen-bond acceptors (Lipinski definition) is 4. The van der Waals surface area contributed by atoms with Gasteiger partial charge in [-0.2, -0.15) is 0 Å². The number of nitrogens with zero attached hydrogens (tertiary/aromatic N) is 2. The molecular formula is C15H14N2O4. The van der Waals surface area contributed by atoms with Crippen LogP contribution < -0.4 is 0 Å². The van der Waals surface area contributed by atoms with Gasteiger partial charge < -0.3 is 9.32 Å². The zero-order valence-corrected chi connectivity index (χ0v) is 11.4. The lowest BCUT2D eigenvalue weighted by molar-refractivity contribution is -0.385. The van der Waals surface area contributed by atoms with Gasteiger partial charge in [-0.15, -0.1) is 0 Å². The number of likely N-dealkylation sites (N-methyl/N-ethyl adjacent to an activating group) is 1. The molecule has 1 amide bonds. The normalized spacial score (nSPS) is 10.7. The molecule has 0 aliphatic heterocycles. The molecule has 1 aromatic heterocycles. The van der Waals surface area contributed by atoms with E-state index in [4.69, 9.17) is 4.42 Å². The smallest absolute Gasteiger partial charge is 0.274 e. The summed E-state index contributed by atoms with van der Waals surface area (Å²) in [6.45, 7) is 0.165. The number of amides is 1. The standard InChI is InChI=1S/C15H14N2O4/c1-16(15(18)9-8-13-6-4-10-21-13)11-12-5-2-3-7-14(12)17(19)20/h2-10H,11H2,1H3/b9-8+. The molecule has 0 atom stereocenters. The van der Waals surface area contributed by atoms with E-state index in [9.17, 15) is 14.9 Å². The lowest BCUT2D eigenvalue weighted by atomic mass is 10.1. The van der Waals surface area contributed by atoms with Crippen LogP contribution >= 0.6 is 0 Å². The van der Waals surface area contributed by atoms with Crippen molar-refractivity contribution >= 4 is 17.7 Å². The quantitative estimate of drug-likeness (QED) is 0.481. The Morgan fingerprint density at radius 3 is 2.76 bits per heavy atom. The average molecular weight is 286 g/mol. The summed E-state index contributed by atoms with van der Waals surface area (Å²) in [6.07, 6.45) is 4.44. The van der Waals surface area contributed by atoms with Crippen LogP contribution in [0, 0.1) is 10.1 Å². The Kier molecular flexibility index (Phi) is 4.50. The number of hydrogen-bond donors (Lipinski definition) is 0. The van der Waals surface area contributed by atoms with E-state index in [1.807, 2.05) is 0 Å². The highest BCUT2D eigenvalue weighted by molar-refractivity contribution is 5.91. The molecule has 0 fully saturated rings. The van der Waals surface area contributed by atoms with Crippen LogP contribution in [0.15, 0.2) is 53.2 Å². The van der Waals surface area contributed by atoms with Crippen LogP contribution in [0.5, 0.6) is 0 Å². The topological polar surface area (TPSA) is 76.6 Å². The van der Waals surface area contributed by atoms with Crippen LogP contribution in [-0.2, 0) is 11.3 Å². The van der Waals surface area contributed by atoms with Gasteiger partial charge in [0.05, 0.1) is 17.7 Å². The summed E-state index contributed by atoms with van der Waals surface area (Å²) >= 11 is 0. The van der Waals surface area contributed by atoms with Gasteiger partial charge in [0.15, 0.2) is 0 Å². The van der Waals surface area contributed by atoms with Gasteiger partial charge in [0.25, 0.3) is 5.69 Å². The third-order valence-electron chi connectivity index (χ3n) is 2.91. The molecular weight excluding hydrogens is 272 g/mol. The first-order valence-corrected chi connectivity index (χ1v) is 6.27. The lowest BCUT2D eigenvalue weighted by Gasteiger charge is -2.15. The number of benzene rings is 1. The SMILES string of the molecule is CN(Cc1ccccc1[N+](=O)[O-])C(=O)/C=C/c1ccco1. The second kappa shape index (κ2) is 6.51. The summed E-state index contributed by atoms with van der Waals surface area (Å²) in [7, 11) is 1.59. The Balaban J connectivity index is 2.06. The van der Waals surface area contributed by atoms with Crippen LogP contribution in [0.2, 0.25) is 0 Å². The molecule has 0 aliphatic carbocycles. The number of carbonyl (C=O) groups excluding carboxylic acids is 1. The maximum absolute atomic E-state index is 12.0. The molecule has 0 unspecified atom stereocenters. The summed E-state index contributed by atoms with van der Waals surface area (Å²) in [5.41, 5.74) is 0.497. The molecule has 21 heavy (non-hydrogen) atoms. The zero-order valence-electron chi connectivity index (χ0n) is 11.4. The van der Waals surface area contributed by atoms with E-state index >= 15 is 0 Å². The summed E-state index contributed by atoms with van der Waals surface area (Å²) < 4.78 is 5.09. The van der Waals surface area contributed by atoms with Crippen molar-refractivity contribution in [3.63, 3.8) is 0 Å². The highest BCUT2D eigenvalue weighted by atomic mass is 16.6. The van der Waals surface area contributed by atoms with Crippen LogP contribution in [0.4, 0.5) is 5.69 Å². The van der Waals surface area contributed by atoms with Crippen molar-refractivity contribution in [1.29, 1.82) is 0 Å². The lowest BCUT2D eigenvalue weighted by Crippen LogP contribution is -2.24. The first kappa shape index (κ1) is 14.5.